The second kappa shape index (κ2) is 10.0. The minimum atomic E-state index is -1.51. The summed E-state index contributed by atoms with van der Waals surface area (Å²) in [6, 6.07) is 11.7. The number of carbonyl (C=O) groups excluding carboxylic acids is 4. The molecule has 0 saturated heterocycles. The van der Waals surface area contributed by atoms with Crippen molar-refractivity contribution in [2.75, 3.05) is 13.7 Å². The Morgan fingerprint density at radius 2 is 1.73 bits per heavy atom. The van der Waals surface area contributed by atoms with E-state index in [4.69, 9.17) is 21.1 Å². The molecule has 1 aromatic heterocycles. The molecule has 1 atom stereocenters. The highest BCUT2D eigenvalue weighted by Crippen LogP contribution is 2.31. The van der Waals surface area contributed by atoms with Crippen molar-refractivity contribution < 1.29 is 28.7 Å². The number of Topliss-reactive ketones (excluding diaryl/α,β-unsaturated/α-hetero) is 2. The Morgan fingerprint density at radius 3 is 2.30 bits per heavy atom. The van der Waals surface area contributed by atoms with Gasteiger partial charge in [0.1, 0.15) is 5.75 Å². The van der Waals surface area contributed by atoms with Crippen molar-refractivity contribution in [1.29, 1.82) is 0 Å². The summed E-state index contributed by atoms with van der Waals surface area (Å²) in [5.41, 5.74) is 2.05. The molecule has 33 heavy (non-hydrogen) atoms. The Kier molecular flexibility index (Phi) is 7.33. The summed E-state index contributed by atoms with van der Waals surface area (Å²) in [6.07, 6.45) is -0.223. The molecule has 0 aliphatic heterocycles. The van der Waals surface area contributed by atoms with Crippen molar-refractivity contribution >= 4 is 45.9 Å². The summed E-state index contributed by atoms with van der Waals surface area (Å²) < 4.78 is 11.7. The number of benzene rings is 2. The molecule has 0 fully saturated rings. The minimum Gasteiger partial charge on any atom is -0.497 e. The molecule has 8 heteroatoms. The van der Waals surface area contributed by atoms with Crippen LogP contribution >= 0.6 is 11.6 Å². The monoisotopic (exact) mass is 469 g/mol. The standard InChI is InChI=1S/C25H24ClNO6/c1-5-33-25(31)23(15(3)28)22(29)13-19-14(2)27(21-11-10-18(32-4)12-20(19)21)24(30)16-6-8-17(26)9-7-16/h6-12,23H,5,13H2,1-4H3. The molecular formula is C25H24ClNO6. The van der Waals surface area contributed by atoms with Crippen LogP contribution in [-0.4, -0.2) is 41.7 Å². The molecule has 0 aliphatic rings. The molecule has 0 saturated carbocycles. The van der Waals surface area contributed by atoms with Gasteiger partial charge in [-0.25, -0.2) is 0 Å². The molecule has 0 bridgehead atoms. The van der Waals surface area contributed by atoms with Crippen molar-refractivity contribution in [1.82, 2.24) is 4.57 Å². The zero-order valence-corrected chi connectivity index (χ0v) is 19.6. The molecule has 3 aromatic rings. The fourth-order valence-electron chi connectivity index (χ4n) is 3.82. The number of halogens is 1. The van der Waals surface area contributed by atoms with Crippen molar-refractivity contribution in [3.63, 3.8) is 0 Å². The van der Waals surface area contributed by atoms with Crippen molar-refractivity contribution in [2.24, 2.45) is 5.92 Å². The summed E-state index contributed by atoms with van der Waals surface area (Å²) in [4.78, 5) is 50.7. The predicted octanol–water partition coefficient (Wildman–Crippen LogP) is 4.18. The van der Waals surface area contributed by atoms with E-state index in [-0.39, 0.29) is 18.9 Å². The van der Waals surface area contributed by atoms with E-state index in [0.29, 0.717) is 38.5 Å². The van der Waals surface area contributed by atoms with E-state index in [1.165, 1.54) is 18.6 Å². The first kappa shape index (κ1) is 24.2. The van der Waals surface area contributed by atoms with Crippen LogP contribution in [0.25, 0.3) is 10.9 Å². The third-order valence-corrected chi connectivity index (χ3v) is 5.69. The van der Waals surface area contributed by atoms with Crippen LogP contribution in [-0.2, 0) is 25.5 Å². The van der Waals surface area contributed by atoms with Gasteiger partial charge in [-0.15, -0.1) is 0 Å². The predicted molar refractivity (Wildman–Crippen MR) is 124 cm³/mol. The van der Waals surface area contributed by atoms with E-state index in [1.54, 1.807) is 56.3 Å². The first-order valence-corrected chi connectivity index (χ1v) is 10.7. The third-order valence-electron chi connectivity index (χ3n) is 5.44. The fraction of sp³-hybridized carbons (Fsp3) is 0.280. The number of ether oxygens (including phenoxy) is 2. The Morgan fingerprint density at radius 1 is 1.06 bits per heavy atom. The van der Waals surface area contributed by atoms with Crippen molar-refractivity contribution in [3.05, 3.63) is 64.3 Å². The van der Waals surface area contributed by atoms with E-state index < -0.39 is 23.5 Å². The fourth-order valence-corrected chi connectivity index (χ4v) is 3.95. The van der Waals surface area contributed by atoms with Gasteiger partial charge < -0.3 is 9.47 Å². The highest BCUT2D eigenvalue weighted by molar-refractivity contribution is 6.30. The Labute approximate surface area is 196 Å². The molecule has 0 radical (unpaired) electrons. The maximum atomic E-state index is 13.4. The normalized spacial score (nSPS) is 11.8. The lowest BCUT2D eigenvalue weighted by molar-refractivity contribution is -0.154. The maximum Gasteiger partial charge on any atom is 0.324 e. The van der Waals surface area contributed by atoms with Crippen LogP contribution in [0.1, 0.15) is 35.5 Å². The van der Waals surface area contributed by atoms with Gasteiger partial charge in [0.2, 0.25) is 0 Å². The van der Waals surface area contributed by atoms with Gasteiger partial charge >= 0.3 is 5.97 Å². The lowest BCUT2D eigenvalue weighted by Crippen LogP contribution is -2.33. The number of aromatic nitrogens is 1. The number of hydrogen-bond acceptors (Lipinski definition) is 6. The Bertz CT molecular complexity index is 1240. The summed E-state index contributed by atoms with van der Waals surface area (Å²) >= 11 is 5.95. The van der Waals surface area contributed by atoms with Gasteiger partial charge in [0, 0.05) is 28.1 Å². The molecule has 0 N–H and O–H groups in total. The SMILES string of the molecule is CCOC(=O)C(C(C)=O)C(=O)Cc1c(C)n(C(=O)c2ccc(Cl)cc2)c2ccc(OC)cc12. The van der Waals surface area contributed by atoms with Crippen LogP contribution in [0, 0.1) is 12.8 Å². The van der Waals surface area contributed by atoms with Gasteiger partial charge in [0.05, 0.1) is 19.2 Å². The van der Waals surface area contributed by atoms with E-state index in [9.17, 15) is 19.2 Å². The van der Waals surface area contributed by atoms with Crippen LogP contribution in [0.3, 0.4) is 0 Å². The van der Waals surface area contributed by atoms with Gasteiger partial charge in [-0.1, -0.05) is 11.6 Å². The summed E-state index contributed by atoms with van der Waals surface area (Å²) in [7, 11) is 1.52. The van der Waals surface area contributed by atoms with Gasteiger partial charge in [-0.2, -0.15) is 0 Å². The Balaban J connectivity index is 2.13. The number of carbonyl (C=O) groups is 4. The van der Waals surface area contributed by atoms with Crippen molar-refractivity contribution in [3.8, 4) is 5.75 Å². The van der Waals surface area contributed by atoms with E-state index in [2.05, 4.69) is 0 Å². The summed E-state index contributed by atoms with van der Waals surface area (Å²) in [5.74, 6) is -3.32. The third kappa shape index (κ3) is 4.83. The molecule has 3 rings (SSSR count). The highest BCUT2D eigenvalue weighted by atomic mass is 35.5. The number of hydrogen-bond donors (Lipinski definition) is 0. The number of nitrogens with zero attached hydrogens (tertiary/aromatic N) is 1. The van der Waals surface area contributed by atoms with Gasteiger partial charge in [-0.05, 0) is 68.8 Å². The maximum absolute atomic E-state index is 13.4. The largest absolute Gasteiger partial charge is 0.497 e. The molecular weight excluding hydrogens is 446 g/mol. The zero-order chi connectivity index (χ0) is 24.3. The number of esters is 1. The second-order valence-corrected chi connectivity index (χ2v) is 7.97. The minimum absolute atomic E-state index is 0.0566. The van der Waals surface area contributed by atoms with Crippen molar-refractivity contribution in [2.45, 2.75) is 27.2 Å². The smallest absolute Gasteiger partial charge is 0.324 e. The van der Waals surface area contributed by atoms with E-state index >= 15 is 0 Å². The van der Waals surface area contributed by atoms with Gasteiger partial charge in [-0.3, -0.25) is 23.7 Å². The summed E-state index contributed by atoms with van der Waals surface area (Å²) in [5, 5.41) is 1.12. The number of methoxy groups -OCH3 is 1. The Hall–Kier alpha value is -3.45. The first-order chi connectivity index (χ1) is 15.7. The second-order valence-electron chi connectivity index (χ2n) is 7.53. The van der Waals surface area contributed by atoms with Gasteiger partial charge in [0.15, 0.2) is 17.5 Å². The quantitative estimate of drug-likeness (QED) is 0.363. The molecule has 1 heterocycles. The van der Waals surface area contributed by atoms with Crippen LogP contribution in [0.2, 0.25) is 5.02 Å². The number of rotatable bonds is 8. The summed E-state index contributed by atoms with van der Waals surface area (Å²) in [6.45, 7) is 4.56. The van der Waals surface area contributed by atoms with Crippen LogP contribution in [0.15, 0.2) is 42.5 Å². The zero-order valence-electron chi connectivity index (χ0n) is 18.8. The molecule has 2 aromatic carbocycles. The molecule has 1 unspecified atom stereocenters. The lowest BCUT2D eigenvalue weighted by Gasteiger charge is -2.12. The van der Waals surface area contributed by atoms with Crippen LogP contribution in [0.5, 0.6) is 5.75 Å². The first-order valence-electron chi connectivity index (χ1n) is 10.4. The molecule has 0 aliphatic carbocycles. The topological polar surface area (TPSA) is 91.7 Å². The number of fused-ring (bicyclic) bond motifs is 1. The average Bonchev–Trinajstić information content (AvgIpc) is 3.04. The van der Waals surface area contributed by atoms with Crippen LogP contribution in [0.4, 0.5) is 0 Å². The number of ketones is 2. The van der Waals surface area contributed by atoms with E-state index in [0.717, 1.165) is 0 Å². The highest BCUT2D eigenvalue weighted by Gasteiger charge is 2.33. The van der Waals surface area contributed by atoms with E-state index in [1.807, 2.05) is 0 Å². The van der Waals surface area contributed by atoms with Crippen LogP contribution < -0.4 is 4.74 Å². The molecule has 7 nitrogen and oxygen atoms in total. The molecule has 0 spiro atoms. The lowest BCUT2D eigenvalue weighted by atomic mass is 9.93. The molecule has 0 amide bonds. The molecule has 172 valence electrons. The van der Waals surface area contributed by atoms with Gasteiger partial charge in [0.25, 0.3) is 5.91 Å². The average molecular weight is 470 g/mol.